The summed E-state index contributed by atoms with van der Waals surface area (Å²) in [4.78, 5) is 21.7. The number of rotatable bonds is 3. The predicted molar refractivity (Wildman–Crippen MR) is 46.1 cm³/mol. The zero-order chi connectivity index (χ0) is 9.68. The standard InChI is InChI=1S/C8H14N2O3/c1-2-13-8(12)3-6-4-10-7(11)5-9-6/h6,9H,2-5H2,1H3,(H,10,11)/t6-/m0/s1. The van der Waals surface area contributed by atoms with Gasteiger partial charge in [-0.05, 0) is 6.92 Å². The average Bonchev–Trinajstić information content (AvgIpc) is 2.09. The van der Waals surface area contributed by atoms with Crippen LogP contribution in [0, 0.1) is 0 Å². The first-order valence-corrected chi connectivity index (χ1v) is 4.38. The summed E-state index contributed by atoms with van der Waals surface area (Å²) in [5.41, 5.74) is 0. The Hall–Kier alpha value is -1.10. The summed E-state index contributed by atoms with van der Waals surface area (Å²) in [6.07, 6.45) is 0.314. The fourth-order valence-corrected chi connectivity index (χ4v) is 1.17. The molecule has 0 radical (unpaired) electrons. The summed E-state index contributed by atoms with van der Waals surface area (Å²) in [5.74, 6) is -0.253. The van der Waals surface area contributed by atoms with E-state index in [2.05, 4.69) is 10.6 Å². The van der Waals surface area contributed by atoms with Crippen molar-refractivity contribution in [2.45, 2.75) is 19.4 Å². The van der Waals surface area contributed by atoms with Crippen molar-refractivity contribution < 1.29 is 14.3 Å². The van der Waals surface area contributed by atoms with Gasteiger partial charge in [-0.25, -0.2) is 0 Å². The molecular weight excluding hydrogens is 172 g/mol. The Morgan fingerprint density at radius 3 is 3.00 bits per heavy atom. The fraction of sp³-hybridized carbons (Fsp3) is 0.750. The highest BCUT2D eigenvalue weighted by molar-refractivity contribution is 5.79. The van der Waals surface area contributed by atoms with Gasteiger partial charge in [-0.1, -0.05) is 0 Å². The van der Waals surface area contributed by atoms with Crippen LogP contribution < -0.4 is 10.6 Å². The highest BCUT2D eigenvalue weighted by atomic mass is 16.5. The number of nitrogens with one attached hydrogen (secondary N) is 2. The predicted octanol–water partition coefficient (Wildman–Crippen LogP) is -0.972. The Morgan fingerprint density at radius 2 is 2.46 bits per heavy atom. The van der Waals surface area contributed by atoms with Gasteiger partial charge < -0.3 is 15.4 Å². The van der Waals surface area contributed by atoms with E-state index in [1.807, 2.05) is 0 Å². The van der Waals surface area contributed by atoms with Crippen LogP contribution in [0.3, 0.4) is 0 Å². The maximum absolute atomic E-state index is 11.0. The molecule has 1 saturated heterocycles. The Kier molecular flexibility index (Phi) is 3.70. The van der Waals surface area contributed by atoms with E-state index in [1.54, 1.807) is 6.92 Å². The third-order valence-electron chi connectivity index (χ3n) is 1.82. The van der Waals surface area contributed by atoms with Crippen LogP contribution in [-0.4, -0.2) is 37.6 Å². The first kappa shape index (κ1) is 9.98. The van der Waals surface area contributed by atoms with Gasteiger partial charge in [-0.3, -0.25) is 9.59 Å². The molecule has 1 aliphatic heterocycles. The Bertz CT molecular complexity index is 196. The van der Waals surface area contributed by atoms with E-state index in [0.29, 0.717) is 19.6 Å². The van der Waals surface area contributed by atoms with Crippen LogP contribution in [-0.2, 0) is 14.3 Å². The molecule has 0 aliphatic carbocycles. The first-order chi connectivity index (χ1) is 6.22. The first-order valence-electron chi connectivity index (χ1n) is 4.38. The van der Waals surface area contributed by atoms with Crippen molar-refractivity contribution in [2.24, 2.45) is 0 Å². The number of hydrogen-bond acceptors (Lipinski definition) is 4. The van der Waals surface area contributed by atoms with E-state index in [4.69, 9.17) is 4.74 Å². The molecule has 1 atom stereocenters. The van der Waals surface area contributed by atoms with Gasteiger partial charge in [0.05, 0.1) is 19.6 Å². The fourth-order valence-electron chi connectivity index (χ4n) is 1.17. The number of hydrogen-bond donors (Lipinski definition) is 2. The van der Waals surface area contributed by atoms with E-state index in [9.17, 15) is 9.59 Å². The molecule has 0 aromatic carbocycles. The SMILES string of the molecule is CCOC(=O)C[C@H]1CNC(=O)CN1. The third-order valence-corrected chi connectivity index (χ3v) is 1.82. The molecule has 0 unspecified atom stereocenters. The highest BCUT2D eigenvalue weighted by Crippen LogP contribution is 1.96. The zero-order valence-electron chi connectivity index (χ0n) is 7.63. The van der Waals surface area contributed by atoms with E-state index in [-0.39, 0.29) is 24.5 Å². The number of carbonyl (C=O) groups excluding carboxylic acids is 2. The molecule has 0 saturated carbocycles. The van der Waals surface area contributed by atoms with Crippen LogP contribution in [0.5, 0.6) is 0 Å². The number of ether oxygens (including phenoxy) is 1. The lowest BCUT2D eigenvalue weighted by Gasteiger charge is -2.22. The molecular formula is C8H14N2O3. The van der Waals surface area contributed by atoms with Crippen molar-refractivity contribution >= 4 is 11.9 Å². The van der Waals surface area contributed by atoms with Gasteiger partial charge in [0.25, 0.3) is 0 Å². The van der Waals surface area contributed by atoms with Crippen LogP contribution >= 0.6 is 0 Å². The Balaban J connectivity index is 2.22. The van der Waals surface area contributed by atoms with Crippen LogP contribution in [0.2, 0.25) is 0 Å². The number of esters is 1. The molecule has 5 heteroatoms. The van der Waals surface area contributed by atoms with E-state index >= 15 is 0 Å². The maximum atomic E-state index is 11.0. The molecule has 1 rings (SSSR count). The second-order valence-corrected chi connectivity index (χ2v) is 2.89. The molecule has 1 heterocycles. The molecule has 0 spiro atoms. The van der Waals surface area contributed by atoms with Crippen molar-refractivity contribution in [1.29, 1.82) is 0 Å². The van der Waals surface area contributed by atoms with Gasteiger partial charge in [-0.15, -0.1) is 0 Å². The van der Waals surface area contributed by atoms with E-state index < -0.39 is 0 Å². The van der Waals surface area contributed by atoms with Crippen LogP contribution in [0.4, 0.5) is 0 Å². The number of piperazine rings is 1. The molecule has 74 valence electrons. The van der Waals surface area contributed by atoms with Crippen LogP contribution in [0.25, 0.3) is 0 Å². The van der Waals surface area contributed by atoms with Crippen LogP contribution in [0.15, 0.2) is 0 Å². The number of carbonyl (C=O) groups is 2. The van der Waals surface area contributed by atoms with Gasteiger partial charge in [-0.2, -0.15) is 0 Å². The van der Waals surface area contributed by atoms with E-state index in [0.717, 1.165) is 0 Å². The van der Waals surface area contributed by atoms with Crippen molar-refractivity contribution in [3.05, 3.63) is 0 Å². The minimum absolute atomic E-state index is 0.0109. The molecule has 0 bridgehead atoms. The molecule has 0 aromatic heterocycles. The smallest absolute Gasteiger partial charge is 0.307 e. The molecule has 1 fully saturated rings. The van der Waals surface area contributed by atoms with Gasteiger partial charge in [0.15, 0.2) is 0 Å². The summed E-state index contributed by atoms with van der Waals surface area (Å²) < 4.78 is 4.78. The Morgan fingerprint density at radius 1 is 1.69 bits per heavy atom. The summed E-state index contributed by atoms with van der Waals surface area (Å²) in [7, 11) is 0. The molecule has 2 N–H and O–H groups in total. The van der Waals surface area contributed by atoms with Gasteiger partial charge in [0.1, 0.15) is 0 Å². The number of amides is 1. The monoisotopic (exact) mass is 186 g/mol. The summed E-state index contributed by atoms with van der Waals surface area (Å²) in [6, 6.07) is 0.0109. The minimum Gasteiger partial charge on any atom is -0.466 e. The van der Waals surface area contributed by atoms with Crippen molar-refractivity contribution in [2.75, 3.05) is 19.7 Å². The van der Waals surface area contributed by atoms with Gasteiger partial charge in [0.2, 0.25) is 5.91 Å². The lowest BCUT2D eigenvalue weighted by atomic mass is 10.2. The van der Waals surface area contributed by atoms with E-state index in [1.165, 1.54) is 0 Å². The maximum Gasteiger partial charge on any atom is 0.307 e. The highest BCUT2D eigenvalue weighted by Gasteiger charge is 2.19. The molecule has 5 nitrogen and oxygen atoms in total. The summed E-state index contributed by atoms with van der Waals surface area (Å²) in [6.45, 7) is 2.95. The zero-order valence-corrected chi connectivity index (χ0v) is 7.63. The Labute approximate surface area is 76.8 Å². The largest absolute Gasteiger partial charge is 0.466 e. The second-order valence-electron chi connectivity index (χ2n) is 2.89. The molecule has 13 heavy (non-hydrogen) atoms. The average molecular weight is 186 g/mol. The lowest BCUT2D eigenvalue weighted by Crippen LogP contribution is -2.52. The minimum atomic E-state index is -0.226. The molecule has 1 amide bonds. The normalized spacial score (nSPS) is 22.2. The van der Waals surface area contributed by atoms with Crippen LogP contribution in [0.1, 0.15) is 13.3 Å². The second kappa shape index (κ2) is 4.81. The topological polar surface area (TPSA) is 67.4 Å². The van der Waals surface area contributed by atoms with Crippen molar-refractivity contribution in [3.8, 4) is 0 Å². The summed E-state index contributed by atoms with van der Waals surface area (Å²) in [5, 5.41) is 5.62. The lowest BCUT2D eigenvalue weighted by molar-refractivity contribution is -0.144. The van der Waals surface area contributed by atoms with Gasteiger partial charge >= 0.3 is 5.97 Å². The van der Waals surface area contributed by atoms with Gasteiger partial charge in [0, 0.05) is 12.6 Å². The quantitative estimate of drug-likeness (QED) is 0.556. The molecule has 0 aromatic rings. The molecule has 1 aliphatic rings. The summed E-state index contributed by atoms with van der Waals surface area (Å²) >= 11 is 0. The van der Waals surface area contributed by atoms with Crippen molar-refractivity contribution in [1.82, 2.24) is 10.6 Å². The third kappa shape index (κ3) is 3.42. The van der Waals surface area contributed by atoms with Crippen molar-refractivity contribution in [3.63, 3.8) is 0 Å².